The molecule has 0 fully saturated rings. The van der Waals surface area contributed by atoms with Gasteiger partial charge in [0.15, 0.2) is 0 Å². The highest BCUT2D eigenvalue weighted by molar-refractivity contribution is 9.10. The third-order valence-corrected chi connectivity index (χ3v) is 1.68. The van der Waals surface area contributed by atoms with Crippen molar-refractivity contribution in [1.29, 1.82) is 0 Å². The minimum Gasteiger partial charge on any atom is -0.760 e. The molecule has 0 bridgehead atoms. The highest BCUT2D eigenvalue weighted by atomic mass is 79.9. The molecule has 0 amide bonds. The maximum atomic E-state index is 12.5. The van der Waals surface area contributed by atoms with Crippen LogP contribution in [0, 0.1) is 12.7 Å². The molecule has 1 aromatic carbocycles. The van der Waals surface area contributed by atoms with Gasteiger partial charge in [-0.15, -0.1) is 0 Å². The molecular formula is C7H8BrFNO2S-. The molecule has 0 aliphatic rings. The van der Waals surface area contributed by atoms with Crippen LogP contribution in [-0.2, 0) is 11.3 Å². The first kappa shape index (κ1) is 12.7. The monoisotopic (exact) mass is 268 g/mol. The summed E-state index contributed by atoms with van der Waals surface area (Å²) >= 11 is 0.710. The number of hydrogen-bond acceptors (Lipinski definition) is 2. The van der Waals surface area contributed by atoms with E-state index < -0.39 is 11.3 Å². The number of halogens is 2. The maximum absolute atomic E-state index is 12.5. The fraction of sp³-hybridized carbons (Fsp3) is 0.143. The van der Waals surface area contributed by atoms with Crippen LogP contribution in [0.2, 0.25) is 0 Å². The third kappa shape index (κ3) is 6.83. The Balaban J connectivity index is 0.000000310. The fourth-order valence-corrected chi connectivity index (χ4v) is 1.09. The summed E-state index contributed by atoms with van der Waals surface area (Å²) in [5.74, 6) is -0.208. The predicted octanol–water partition coefficient (Wildman–Crippen LogP) is 1.64. The molecular weight excluding hydrogens is 261 g/mol. The molecule has 0 saturated heterocycles. The van der Waals surface area contributed by atoms with Crippen LogP contribution in [0.3, 0.4) is 0 Å². The first-order chi connectivity index (χ1) is 5.93. The lowest BCUT2D eigenvalue weighted by atomic mass is 10.2. The van der Waals surface area contributed by atoms with Gasteiger partial charge in [-0.25, -0.2) is 4.39 Å². The van der Waals surface area contributed by atoms with Crippen molar-refractivity contribution < 1.29 is 13.2 Å². The SMILES string of the molecule is Cc1ccc(F)c(Br)c1.NS(=O)[O-]. The topological polar surface area (TPSA) is 66.2 Å². The first-order valence-electron chi connectivity index (χ1n) is 3.19. The van der Waals surface area contributed by atoms with Crippen molar-refractivity contribution in [2.75, 3.05) is 0 Å². The molecule has 0 saturated carbocycles. The third-order valence-electron chi connectivity index (χ3n) is 1.08. The van der Waals surface area contributed by atoms with E-state index in [2.05, 4.69) is 21.1 Å². The second-order valence-corrected chi connectivity index (χ2v) is 3.55. The van der Waals surface area contributed by atoms with E-state index in [-0.39, 0.29) is 5.82 Å². The van der Waals surface area contributed by atoms with Gasteiger partial charge < -0.3 is 4.55 Å². The van der Waals surface area contributed by atoms with E-state index in [0.29, 0.717) is 4.47 Å². The minimum absolute atomic E-state index is 0.208. The lowest BCUT2D eigenvalue weighted by molar-refractivity contribution is 0.539. The summed E-state index contributed by atoms with van der Waals surface area (Å²) in [5, 5.41) is 4.03. The minimum atomic E-state index is -2.36. The van der Waals surface area contributed by atoms with Gasteiger partial charge in [-0.05, 0) is 40.5 Å². The van der Waals surface area contributed by atoms with Crippen LogP contribution in [0.5, 0.6) is 0 Å². The Bertz CT molecular complexity index is 305. The summed E-state index contributed by atoms with van der Waals surface area (Å²) in [6, 6.07) is 4.93. The Morgan fingerprint density at radius 3 is 2.38 bits per heavy atom. The molecule has 3 nitrogen and oxygen atoms in total. The quantitative estimate of drug-likeness (QED) is 0.727. The van der Waals surface area contributed by atoms with E-state index >= 15 is 0 Å². The van der Waals surface area contributed by atoms with Gasteiger partial charge in [-0.2, -0.15) is 0 Å². The molecule has 6 heteroatoms. The fourth-order valence-electron chi connectivity index (χ4n) is 0.601. The van der Waals surface area contributed by atoms with Crippen molar-refractivity contribution in [3.05, 3.63) is 34.1 Å². The zero-order chi connectivity index (χ0) is 10.4. The number of rotatable bonds is 0. The Kier molecular flexibility index (Phi) is 6.06. The molecule has 1 unspecified atom stereocenters. The molecule has 0 spiro atoms. The van der Waals surface area contributed by atoms with Crippen LogP contribution >= 0.6 is 15.9 Å². The van der Waals surface area contributed by atoms with Gasteiger partial charge in [-0.3, -0.25) is 9.35 Å². The summed E-state index contributed by atoms with van der Waals surface area (Å²) in [5.41, 5.74) is 1.06. The van der Waals surface area contributed by atoms with Crippen molar-refractivity contribution >= 4 is 27.2 Å². The Morgan fingerprint density at radius 2 is 2.08 bits per heavy atom. The van der Waals surface area contributed by atoms with Crippen molar-refractivity contribution in [2.24, 2.45) is 5.14 Å². The van der Waals surface area contributed by atoms with Crippen LogP contribution in [0.1, 0.15) is 5.56 Å². The summed E-state index contributed by atoms with van der Waals surface area (Å²) in [7, 11) is 0. The molecule has 74 valence electrons. The van der Waals surface area contributed by atoms with Gasteiger partial charge in [0.25, 0.3) is 0 Å². The van der Waals surface area contributed by atoms with Gasteiger partial charge in [0, 0.05) is 11.3 Å². The largest absolute Gasteiger partial charge is 0.760 e. The highest BCUT2D eigenvalue weighted by Crippen LogP contribution is 2.15. The number of benzene rings is 1. The molecule has 1 atom stereocenters. The smallest absolute Gasteiger partial charge is 0.137 e. The van der Waals surface area contributed by atoms with E-state index in [1.165, 1.54) is 6.07 Å². The van der Waals surface area contributed by atoms with Gasteiger partial charge in [-0.1, -0.05) is 6.07 Å². The van der Waals surface area contributed by atoms with Crippen molar-refractivity contribution in [1.82, 2.24) is 0 Å². The van der Waals surface area contributed by atoms with Gasteiger partial charge >= 0.3 is 0 Å². The maximum Gasteiger partial charge on any atom is 0.137 e. The van der Waals surface area contributed by atoms with E-state index in [9.17, 15) is 4.39 Å². The van der Waals surface area contributed by atoms with E-state index in [1.54, 1.807) is 12.1 Å². The van der Waals surface area contributed by atoms with Crippen LogP contribution in [0.4, 0.5) is 4.39 Å². The first-order valence-corrected chi connectivity index (χ1v) is 5.12. The standard InChI is InChI=1S/C7H6BrF.H3NO2S/c1-5-2-3-7(9)6(8)4-5;1-4(2)3/h2-4H,1H3;1H2,(H,2,3)/p-1. The summed E-state index contributed by atoms with van der Waals surface area (Å²) in [6.07, 6.45) is 0. The summed E-state index contributed by atoms with van der Waals surface area (Å²) in [6.45, 7) is 1.92. The molecule has 1 aromatic rings. The van der Waals surface area contributed by atoms with Crippen molar-refractivity contribution in [3.63, 3.8) is 0 Å². The zero-order valence-corrected chi connectivity index (χ0v) is 9.19. The predicted molar refractivity (Wildman–Crippen MR) is 51.9 cm³/mol. The van der Waals surface area contributed by atoms with E-state index in [1.807, 2.05) is 6.92 Å². The molecule has 0 radical (unpaired) electrons. The number of hydrogen-bond donors (Lipinski definition) is 1. The van der Waals surface area contributed by atoms with Crippen molar-refractivity contribution in [2.45, 2.75) is 6.92 Å². The van der Waals surface area contributed by atoms with E-state index in [4.69, 9.17) is 8.76 Å². The summed E-state index contributed by atoms with van der Waals surface area (Å²) < 4.78 is 30.5. The highest BCUT2D eigenvalue weighted by Gasteiger charge is 1.94. The molecule has 0 aliphatic carbocycles. The van der Waals surface area contributed by atoms with Gasteiger partial charge in [0.2, 0.25) is 0 Å². The molecule has 2 N–H and O–H groups in total. The second kappa shape index (κ2) is 6.20. The number of aryl methyl sites for hydroxylation is 1. The lowest BCUT2D eigenvalue weighted by Gasteiger charge is -1.93. The van der Waals surface area contributed by atoms with Crippen molar-refractivity contribution in [3.8, 4) is 0 Å². The lowest BCUT2D eigenvalue weighted by Crippen LogP contribution is -1.97. The van der Waals surface area contributed by atoms with Crippen LogP contribution < -0.4 is 5.14 Å². The Hall–Kier alpha value is -0.300. The molecule has 0 heterocycles. The molecule has 0 aliphatic heterocycles. The van der Waals surface area contributed by atoms with E-state index in [0.717, 1.165) is 5.56 Å². The van der Waals surface area contributed by atoms with Gasteiger partial charge in [0.05, 0.1) is 4.47 Å². The Labute approximate surface area is 86.7 Å². The number of nitrogens with two attached hydrogens (primary N) is 1. The van der Waals surface area contributed by atoms with Gasteiger partial charge in [0.1, 0.15) is 5.82 Å². The summed E-state index contributed by atoms with van der Waals surface area (Å²) in [4.78, 5) is 0. The molecule has 13 heavy (non-hydrogen) atoms. The average Bonchev–Trinajstić information content (AvgIpc) is 1.96. The zero-order valence-electron chi connectivity index (χ0n) is 6.79. The molecule has 1 rings (SSSR count). The Morgan fingerprint density at radius 1 is 1.62 bits per heavy atom. The van der Waals surface area contributed by atoms with Crippen LogP contribution in [-0.4, -0.2) is 8.76 Å². The average molecular weight is 269 g/mol. The molecule has 0 aromatic heterocycles. The van der Waals surface area contributed by atoms with Crippen LogP contribution in [0.15, 0.2) is 22.7 Å². The second-order valence-electron chi connectivity index (χ2n) is 2.18. The van der Waals surface area contributed by atoms with Crippen LogP contribution in [0.25, 0.3) is 0 Å². The normalized spacial score (nSPS) is 11.5.